The van der Waals surface area contributed by atoms with Crippen molar-refractivity contribution < 1.29 is 19.4 Å². The summed E-state index contributed by atoms with van der Waals surface area (Å²) < 4.78 is 5.19. The first kappa shape index (κ1) is 23.1. The SMILES string of the molecule is CCCN(CCC)C(=O)C1=Cc2ccc(-c3ccc(OCC(=O)O)cc3)cc2N=C(N)C1. The number of fused-ring (bicyclic) bond motifs is 1. The standard InChI is InChI=1S/C25H29N3O4/c1-3-11-28(12-4-2)25(31)20-13-19-6-5-18(14-22(19)27-23(26)15-20)17-7-9-21(10-8-17)32-16-24(29)30/h5-10,13-14H,3-4,11-12,15-16H2,1-2H3,(H2,26,27)(H,29,30). The summed E-state index contributed by atoms with van der Waals surface area (Å²) in [4.78, 5) is 30.2. The number of aliphatic imine (C=N–C) groups is 1. The lowest BCUT2D eigenvalue weighted by atomic mass is 10.0. The Bertz CT molecular complexity index is 1040. The van der Waals surface area contributed by atoms with Crippen molar-refractivity contribution in [2.75, 3.05) is 19.7 Å². The second-order valence-electron chi connectivity index (χ2n) is 7.72. The van der Waals surface area contributed by atoms with Crippen molar-refractivity contribution in [3.05, 3.63) is 53.6 Å². The van der Waals surface area contributed by atoms with Crippen LogP contribution in [0.1, 0.15) is 38.7 Å². The van der Waals surface area contributed by atoms with Gasteiger partial charge in [-0.1, -0.05) is 38.1 Å². The van der Waals surface area contributed by atoms with Crippen molar-refractivity contribution in [3.8, 4) is 16.9 Å². The van der Waals surface area contributed by atoms with E-state index in [-0.39, 0.29) is 12.5 Å². The summed E-state index contributed by atoms with van der Waals surface area (Å²) in [6.07, 6.45) is 4.03. The number of aliphatic carboxylic acids is 1. The van der Waals surface area contributed by atoms with E-state index in [4.69, 9.17) is 15.6 Å². The van der Waals surface area contributed by atoms with Crippen LogP contribution in [0.3, 0.4) is 0 Å². The van der Waals surface area contributed by atoms with E-state index in [1.165, 1.54) is 0 Å². The van der Waals surface area contributed by atoms with Crippen molar-refractivity contribution >= 4 is 29.5 Å². The zero-order chi connectivity index (χ0) is 23.1. The summed E-state index contributed by atoms with van der Waals surface area (Å²) in [5.74, 6) is -0.108. The minimum atomic E-state index is -1.02. The van der Waals surface area contributed by atoms with Crippen LogP contribution in [0.15, 0.2) is 53.0 Å². The lowest BCUT2D eigenvalue weighted by Crippen LogP contribution is -2.34. The summed E-state index contributed by atoms with van der Waals surface area (Å²) in [7, 11) is 0. The van der Waals surface area contributed by atoms with Gasteiger partial charge < -0.3 is 20.5 Å². The largest absolute Gasteiger partial charge is 0.482 e. The Morgan fingerprint density at radius 3 is 2.34 bits per heavy atom. The number of amidine groups is 1. The summed E-state index contributed by atoms with van der Waals surface area (Å²) in [5.41, 5.74) is 10.3. The van der Waals surface area contributed by atoms with Gasteiger partial charge in [-0.2, -0.15) is 0 Å². The van der Waals surface area contributed by atoms with Crippen LogP contribution in [0, 0.1) is 0 Å². The smallest absolute Gasteiger partial charge is 0.341 e. The molecule has 0 bridgehead atoms. The minimum absolute atomic E-state index is 0.0146. The summed E-state index contributed by atoms with van der Waals surface area (Å²) in [6.45, 7) is 5.19. The number of carboxylic acid groups (broad SMARTS) is 1. The molecule has 0 aromatic heterocycles. The molecule has 2 aromatic rings. The molecular weight excluding hydrogens is 406 g/mol. The van der Waals surface area contributed by atoms with Crippen molar-refractivity contribution in [1.82, 2.24) is 4.90 Å². The quantitative estimate of drug-likeness (QED) is 0.613. The van der Waals surface area contributed by atoms with Gasteiger partial charge in [0.1, 0.15) is 11.6 Å². The number of benzene rings is 2. The van der Waals surface area contributed by atoms with E-state index in [9.17, 15) is 9.59 Å². The maximum absolute atomic E-state index is 13.1. The molecule has 1 heterocycles. The van der Waals surface area contributed by atoms with Gasteiger partial charge in [-0.05, 0) is 48.2 Å². The number of amides is 1. The molecule has 0 aliphatic carbocycles. The Hall–Kier alpha value is -3.61. The molecule has 3 rings (SSSR count). The summed E-state index contributed by atoms with van der Waals surface area (Å²) in [6, 6.07) is 13.0. The molecule has 0 atom stereocenters. The lowest BCUT2D eigenvalue weighted by molar-refractivity contribution is -0.139. The van der Waals surface area contributed by atoms with Crippen LogP contribution in [0.2, 0.25) is 0 Å². The minimum Gasteiger partial charge on any atom is -0.482 e. The van der Waals surface area contributed by atoms with Crippen LogP contribution < -0.4 is 10.5 Å². The first-order chi connectivity index (χ1) is 15.4. The van der Waals surface area contributed by atoms with Gasteiger partial charge in [-0.3, -0.25) is 4.79 Å². The maximum Gasteiger partial charge on any atom is 0.341 e. The summed E-state index contributed by atoms with van der Waals surface area (Å²) >= 11 is 0. The molecule has 0 saturated carbocycles. The Labute approximate surface area is 188 Å². The molecule has 0 fully saturated rings. The fourth-order valence-corrected chi connectivity index (χ4v) is 3.65. The summed E-state index contributed by atoms with van der Waals surface area (Å²) in [5, 5.41) is 8.72. The lowest BCUT2D eigenvalue weighted by Gasteiger charge is -2.22. The van der Waals surface area contributed by atoms with Crippen LogP contribution >= 0.6 is 0 Å². The molecule has 1 amide bonds. The second kappa shape index (κ2) is 10.6. The van der Waals surface area contributed by atoms with E-state index in [0.29, 0.717) is 29.3 Å². The normalized spacial score (nSPS) is 12.8. The third-order valence-corrected chi connectivity index (χ3v) is 5.09. The Morgan fingerprint density at radius 2 is 1.72 bits per heavy atom. The Balaban J connectivity index is 1.87. The van der Waals surface area contributed by atoms with Crippen LogP contribution in [0.25, 0.3) is 17.2 Å². The highest BCUT2D eigenvalue weighted by molar-refractivity contribution is 6.05. The monoisotopic (exact) mass is 435 g/mol. The second-order valence-corrected chi connectivity index (χ2v) is 7.72. The van der Waals surface area contributed by atoms with E-state index in [0.717, 1.165) is 42.6 Å². The van der Waals surface area contributed by atoms with Crippen LogP contribution in [0.5, 0.6) is 5.75 Å². The highest BCUT2D eigenvalue weighted by Crippen LogP contribution is 2.32. The topological polar surface area (TPSA) is 105 Å². The van der Waals surface area contributed by atoms with Crippen molar-refractivity contribution in [1.29, 1.82) is 0 Å². The Kier molecular flexibility index (Phi) is 7.65. The molecule has 0 saturated heterocycles. The molecule has 3 N–H and O–H groups in total. The number of carboxylic acids is 1. The van der Waals surface area contributed by atoms with Crippen molar-refractivity contribution in [2.45, 2.75) is 33.1 Å². The number of ether oxygens (including phenoxy) is 1. The van der Waals surface area contributed by atoms with Gasteiger partial charge in [0.05, 0.1) is 5.69 Å². The van der Waals surface area contributed by atoms with Gasteiger partial charge >= 0.3 is 5.97 Å². The predicted octanol–water partition coefficient (Wildman–Crippen LogP) is 4.24. The maximum atomic E-state index is 13.1. The van der Waals surface area contributed by atoms with Gasteiger partial charge in [-0.15, -0.1) is 0 Å². The third kappa shape index (κ3) is 5.75. The molecule has 0 unspecified atom stereocenters. The highest BCUT2D eigenvalue weighted by atomic mass is 16.5. The molecule has 7 heteroatoms. The molecule has 0 radical (unpaired) electrons. The average molecular weight is 436 g/mol. The molecule has 32 heavy (non-hydrogen) atoms. The number of carbonyl (C=O) groups excluding carboxylic acids is 1. The fourth-order valence-electron chi connectivity index (χ4n) is 3.65. The molecular formula is C25H29N3O4. The molecule has 1 aliphatic rings. The first-order valence-corrected chi connectivity index (χ1v) is 10.8. The van der Waals surface area contributed by atoms with Gasteiger partial charge in [0.25, 0.3) is 0 Å². The Morgan fingerprint density at radius 1 is 1.06 bits per heavy atom. The fraction of sp³-hybridized carbons (Fsp3) is 0.320. The van der Waals surface area contributed by atoms with Gasteiger partial charge in [0.2, 0.25) is 5.91 Å². The number of nitrogens with zero attached hydrogens (tertiary/aromatic N) is 2. The highest BCUT2D eigenvalue weighted by Gasteiger charge is 2.21. The first-order valence-electron chi connectivity index (χ1n) is 10.8. The van der Waals surface area contributed by atoms with Crippen molar-refractivity contribution in [2.24, 2.45) is 10.7 Å². The van der Waals surface area contributed by atoms with Crippen LogP contribution in [0.4, 0.5) is 5.69 Å². The molecule has 168 valence electrons. The molecule has 7 nitrogen and oxygen atoms in total. The molecule has 0 spiro atoms. The number of carbonyl (C=O) groups is 2. The number of nitrogens with two attached hydrogens (primary N) is 1. The number of hydrogen-bond donors (Lipinski definition) is 2. The van der Waals surface area contributed by atoms with Gasteiger partial charge in [0.15, 0.2) is 6.61 Å². The zero-order valence-electron chi connectivity index (χ0n) is 18.5. The van der Waals surface area contributed by atoms with E-state index in [2.05, 4.69) is 18.8 Å². The van der Waals surface area contributed by atoms with E-state index in [1.54, 1.807) is 12.1 Å². The molecule has 1 aliphatic heterocycles. The third-order valence-electron chi connectivity index (χ3n) is 5.09. The van der Waals surface area contributed by atoms with Crippen LogP contribution in [-0.4, -0.2) is 47.4 Å². The van der Waals surface area contributed by atoms with Crippen LogP contribution in [-0.2, 0) is 9.59 Å². The number of rotatable bonds is 9. The van der Waals surface area contributed by atoms with E-state index < -0.39 is 5.97 Å². The van der Waals surface area contributed by atoms with Gasteiger partial charge in [-0.25, -0.2) is 9.79 Å². The average Bonchev–Trinajstić information content (AvgIpc) is 2.94. The van der Waals surface area contributed by atoms with Gasteiger partial charge in [0, 0.05) is 30.6 Å². The van der Waals surface area contributed by atoms with E-state index in [1.807, 2.05) is 41.3 Å². The van der Waals surface area contributed by atoms with E-state index >= 15 is 0 Å². The molecule has 2 aromatic carbocycles. The van der Waals surface area contributed by atoms with Crippen molar-refractivity contribution in [3.63, 3.8) is 0 Å². The zero-order valence-corrected chi connectivity index (χ0v) is 18.5. The number of hydrogen-bond acceptors (Lipinski definition) is 5. The predicted molar refractivity (Wildman–Crippen MR) is 126 cm³/mol.